The predicted octanol–water partition coefficient (Wildman–Crippen LogP) is 3.45. The first-order chi connectivity index (χ1) is 13.3. The van der Waals surface area contributed by atoms with Gasteiger partial charge in [-0.3, -0.25) is 4.79 Å². The van der Waals surface area contributed by atoms with Crippen molar-refractivity contribution >= 4 is 43.5 Å². The highest BCUT2D eigenvalue weighted by Gasteiger charge is 2.26. The molecule has 1 amide bonds. The van der Waals surface area contributed by atoms with Crippen molar-refractivity contribution in [3.05, 3.63) is 63.6 Å². The first-order valence-electron chi connectivity index (χ1n) is 8.58. The number of hydrogen-bond donors (Lipinski definition) is 1. The van der Waals surface area contributed by atoms with Crippen LogP contribution in [-0.2, 0) is 26.1 Å². The molecule has 2 aromatic rings. The van der Waals surface area contributed by atoms with Crippen molar-refractivity contribution in [2.75, 3.05) is 26.8 Å². The monoisotopic (exact) mass is 488 g/mol. The van der Waals surface area contributed by atoms with Crippen LogP contribution in [0.15, 0.2) is 57.9 Å². The molecule has 0 heterocycles. The zero-order valence-electron chi connectivity index (χ0n) is 15.4. The SMILES string of the molecule is COCCCNC(=O)CN(Cc1ccc(Br)cc1)S(=O)(=O)c1ccc(Cl)cc1. The third-order valence-corrected chi connectivity index (χ3v) is 6.48. The molecule has 0 bridgehead atoms. The van der Waals surface area contributed by atoms with Gasteiger partial charge in [-0.05, 0) is 48.4 Å². The van der Waals surface area contributed by atoms with E-state index in [0.29, 0.717) is 24.6 Å². The summed E-state index contributed by atoms with van der Waals surface area (Å²) in [4.78, 5) is 12.4. The van der Waals surface area contributed by atoms with Crippen molar-refractivity contribution in [3.63, 3.8) is 0 Å². The van der Waals surface area contributed by atoms with Gasteiger partial charge in [-0.1, -0.05) is 39.7 Å². The fraction of sp³-hybridized carbons (Fsp3) is 0.316. The third-order valence-electron chi connectivity index (χ3n) is 3.89. The molecule has 0 unspecified atom stereocenters. The molecule has 0 saturated carbocycles. The molecule has 6 nitrogen and oxygen atoms in total. The van der Waals surface area contributed by atoms with Crippen LogP contribution < -0.4 is 5.32 Å². The second-order valence-electron chi connectivity index (χ2n) is 6.05. The maximum absolute atomic E-state index is 13.1. The molecular weight excluding hydrogens is 468 g/mol. The molecule has 0 atom stereocenters. The van der Waals surface area contributed by atoms with Gasteiger partial charge in [-0.25, -0.2) is 8.42 Å². The lowest BCUT2D eigenvalue weighted by Crippen LogP contribution is -2.40. The molecule has 1 N–H and O–H groups in total. The minimum atomic E-state index is -3.88. The van der Waals surface area contributed by atoms with E-state index in [-0.39, 0.29) is 23.9 Å². The van der Waals surface area contributed by atoms with Gasteiger partial charge in [0.25, 0.3) is 0 Å². The summed E-state index contributed by atoms with van der Waals surface area (Å²) >= 11 is 9.22. The third kappa shape index (κ3) is 6.86. The summed E-state index contributed by atoms with van der Waals surface area (Å²) in [5.74, 6) is -0.370. The molecule has 28 heavy (non-hydrogen) atoms. The van der Waals surface area contributed by atoms with Crippen LogP contribution in [0.4, 0.5) is 0 Å². The van der Waals surface area contributed by atoms with Crippen LogP contribution in [0.25, 0.3) is 0 Å². The van der Waals surface area contributed by atoms with Crippen LogP contribution >= 0.6 is 27.5 Å². The molecule has 2 rings (SSSR count). The predicted molar refractivity (Wildman–Crippen MR) is 113 cm³/mol. The molecule has 0 aliphatic heterocycles. The van der Waals surface area contributed by atoms with E-state index < -0.39 is 10.0 Å². The van der Waals surface area contributed by atoms with Crippen molar-refractivity contribution < 1.29 is 17.9 Å². The minimum absolute atomic E-state index is 0.0731. The van der Waals surface area contributed by atoms with Crippen molar-refractivity contribution in [3.8, 4) is 0 Å². The highest BCUT2D eigenvalue weighted by atomic mass is 79.9. The summed E-state index contributed by atoms with van der Waals surface area (Å²) < 4.78 is 33.2. The van der Waals surface area contributed by atoms with E-state index in [0.717, 1.165) is 14.3 Å². The number of carbonyl (C=O) groups excluding carboxylic acids is 1. The average Bonchev–Trinajstić information content (AvgIpc) is 2.67. The van der Waals surface area contributed by atoms with Gasteiger partial charge in [-0.15, -0.1) is 0 Å². The van der Waals surface area contributed by atoms with Gasteiger partial charge in [0, 0.05) is 36.3 Å². The van der Waals surface area contributed by atoms with E-state index in [1.807, 2.05) is 24.3 Å². The Labute approximate surface area is 179 Å². The van der Waals surface area contributed by atoms with E-state index in [2.05, 4.69) is 21.2 Å². The Morgan fingerprint density at radius 2 is 1.79 bits per heavy atom. The van der Waals surface area contributed by atoms with E-state index in [4.69, 9.17) is 16.3 Å². The number of carbonyl (C=O) groups is 1. The fourth-order valence-corrected chi connectivity index (χ4v) is 4.21. The van der Waals surface area contributed by atoms with Crippen LogP contribution in [0.5, 0.6) is 0 Å². The number of ether oxygens (including phenoxy) is 1. The Morgan fingerprint density at radius 3 is 2.39 bits per heavy atom. The maximum Gasteiger partial charge on any atom is 0.243 e. The van der Waals surface area contributed by atoms with Crippen molar-refractivity contribution in [2.24, 2.45) is 0 Å². The van der Waals surface area contributed by atoms with Crippen molar-refractivity contribution in [1.29, 1.82) is 0 Å². The first-order valence-corrected chi connectivity index (χ1v) is 11.2. The van der Waals surface area contributed by atoms with Gasteiger partial charge in [0.05, 0.1) is 11.4 Å². The number of nitrogens with zero attached hydrogens (tertiary/aromatic N) is 1. The van der Waals surface area contributed by atoms with Gasteiger partial charge in [0.1, 0.15) is 0 Å². The maximum atomic E-state index is 13.1. The quantitative estimate of drug-likeness (QED) is 0.519. The first kappa shape index (κ1) is 22.8. The molecule has 0 aliphatic rings. The van der Waals surface area contributed by atoms with E-state index >= 15 is 0 Å². The summed E-state index contributed by atoms with van der Waals surface area (Å²) in [7, 11) is -2.30. The molecule has 0 spiro atoms. The zero-order chi connectivity index (χ0) is 20.6. The molecule has 0 aromatic heterocycles. The summed E-state index contributed by atoms with van der Waals surface area (Å²) in [5.41, 5.74) is 0.771. The van der Waals surface area contributed by atoms with Gasteiger partial charge >= 0.3 is 0 Å². The lowest BCUT2D eigenvalue weighted by Gasteiger charge is -2.22. The fourth-order valence-electron chi connectivity index (χ4n) is 2.44. The minimum Gasteiger partial charge on any atom is -0.385 e. The van der Waals surface area contributed by atoms with Gasteiger partial charge < -0.3 is 10.1 Å². The molecule has 0 aliphatic carbocycles. The zero-order valence-corrected chi connectivity index (χ0v) is 18.6. The Kier molecular flexibility index (Phi) is 8.91. The number of sulfonamides is 1. The summed E-state index contributed by atoms with van der Waals surface area (Å²) in [6.07, 6.45) is 0.652. The molecule has 9 heteroatoms. The lowest BCUT2D eigenvalue weighted by molar-refractivity contribution is -0.121. The largest absolute Gasteiger partial charge is 0.385 e. The van der Waals surface area contributed by atoms with E-state index in [1.165, 1.54) is 24.3 Å². The number of hydrogen-bond acceptors (Lipinski definition) is 4. The lowest BCUT2D eigenvalue weighted by atomic mass is 10.2. The molecule has 0 fully saturated rings. The molecule has 2 aromatic carbocycles. The Bertz CT molecular complexity index is 874. The standard InChI is InChI=1S/C19H22BrClN2O4S/c1-27-12-2-11-22-19(24)14-23(13-15-3-5-16(20)6-4-15)28(25,26)18-9-7-17(21)8-10-18/h3-10H,2,11-14H2,1H3,(H,22,24). The van der Waals surface area contributed by atoms with Gasteiger partial charge in [0.2, 0.25) is 15.9 Å². The van der Waals surface area contributed by atoms with Crippen LogP contribution in [0.1, 0.15) is 12.0 Å². The van der Waals surface area contributed by atoms with Crippen LogP contribution in [0.2, 0.25) is 5.02 Å². The Hall–Kier alpha value is -1.45. The number of nitrogens with one attached hydrogen (secondary N) is 1. The average molecular weight is 490 g/mol. The smallest absolute Gasteiger partial charge is 0.243 e. The Balaban J connectivity index is 2.20. The number of rotatable bonds is 10. The second-order valence-corrected chi connectivity index (χ2v) is 9.34. The van der Waals surface area contributed by atoms with Crippen LogP contribution in [0, 0.1) is 0 Å². The normalized spacial score (nSPS) is 11.6. The van der Waals surface area contributed by atoms with Gasteiger partial charge in [-0.2, -0.15) is 4.31 Å². The molecule has 0 saturated heterocycles. The van der Waals surface area contributed by atoms with E-state index in [9.17, 15) is 13.2 Å². The van der Waals surface area contributed by atoms with Crippen LogP contribution in [-0.4, -0.2) is 45.4 Å². The van der Waals surface area contributed by atoms with Gasteiger partial charge in [0.15, 0.2) is 0 Å². The summed E-state index contributed by atoms with van der Waals surface area (Å²) in [6, 6.07) is 13.2. The number of halogens is 2. The molecule has 0 radical (unpaired) electrons. The molecular formula is C19H22BrClN2O4S. The Morgan fingerprint density at radius 1 is 1.14 bits per heavy atom. The number of benzene rings is 2. The van der Waals surface area contributed by atoms with Crippen molar-refractivity contribution in [1.82, 2.24) is 9.62 Å². The van der Waals surface area contributed by atoms with E-state index in [1.54, 1.807) is 7.11 Å². The molecule has 152 valence electrons. The van der Waals surface area contributed by atoms with Crippen molar-refractivity contribution in [2.45, 2.75) is 17.9 Å². The number of methoxy groups -OCH3 is 1. The number of amides is 1. The highest BCUT2D eigenvalue weighted by Crippen LogP contribution is 2.21. The summed E-state index contributed by atoms with van der Waals surface area (Å²) in [6.45, 7) is 0.726. The second kappa shape index (κ2) is 10.9. The topological polar surface area (TPSA) is 75.7 Å². The summed E-state index contributed by atoms with van der Waals surface area (Å²) in [5, 5.41) is 3.16. The van der Waals surface area contributed by atoms with Crippen LogP contribution in [0.3, 0.4) is 0 Å². The highest BCUT2D eigenvalue weighted by molar-refractivity contribution is 9.10.